The molecule has 2 heterocycles. The summed E-state index contributed by atoms with van der Waals surface area (Å²) in [6.07, 6.45) is 7.83. The van der Waals surface area contributed by atoms with Gasteiger partial charge < -0.3 is 15.1 Å². The number of carbonyl (C=O) groups is 2. The number of nitrogens with one attached hydrogen (secondary N) is 1. The number of nitrogens with zero attached hydrogens (tertiary/aromatic N) is 4. The molecule has 1 saturated carbocycles. The lowest BCUT2D eigenvalue weighted by molar-refractivity contribution is -0.131. The Bertz CT molecular complexity index is 634. The average molecular weight is 343 g/mol. The number of hydrogen-bond acceptors (Lipinski definition) is 5. The monoisotopic (exact) mass is 343 g/mol. The van der Waals surface area contributed by atoms with E-state index < -0.39 is 0 Å². The average Bonchev–Trinajstić information content (AvgIpc) is 3.48. The standard InChI is InChI=1S/C18H25N5O2/c1-14(15-3-4-15)13-16(24)19-8-5-17(25)22-9-11-23(12-10-22)18-20-6-2-7-21-18/h2,6-7,13,15H,3-5,8-12H2,1H3,(H,19,24). The van der Waals surface area contributed by atoms with Crippen LogP contribution in [0.15, 0.2) is 30.1 Å². The minimum absolute atomic E-state index is 0.0804. The molecule has 0 radical (unpaired) electrons. The Labute approximate surface area is 148 Å². The maximum Gasteiger partial charge on any atom is 0.243 e. The Kier molecular flexibility index (Phi) is 5.63. The SMILES string of the molecule is CC(=CC(=O)NCCC(=O)N1CCN(c2ncccn2)CC1)C1CC1. The van der Waals surface area contributed by atoms with Crippen LogP contribution in [-0.2, 0) is 9.59 Å². The molecule has 0 spiro atoms. The predicted molar refractivity (Wildman–Crippen MR) is 94.9 cm³/mol. The number of allylic oxidation sites excluding steroid dienone is 1. The van der Waals surface area contributed by atoms with Crippen LogP contribution < -0.4 is 10.2 Å². The van der Waals surface area contributed by atoms with Gasteiger partial charge in [-0.15, -0.1) is 0 Å². The van der Waals surface area contributed by atoms with Gasteiger partial charge in [-0.1, -0.05) is 5.57 Å². The number of piperazine rings is 1. The van der Waals surface area contributed by atoms with Crippen LogP contribution in [0.5, 0.6) is 0 Å². The third kappa shape index (κ3) is 5.01. The van der Waals surface area contributed by atoms with E-state index in [9.17, 15) is 9.59 Å². The number of carbonyl (C=O) groups excluding carboxylic acids is 2. The molecule has 1 aromatic heterocycles. The quantitative estimate of drug-likeness (QED) is 0.779. The van der Waals surface area contributed by atoms with Gasteiger partial charge in [0, 0.05) is 57.6 Å². The summed E-state index contributed by atoms with van der Waals surface area (Å²) in [5, 5.41) is 2.81. The van der Waals surface area contributed by atoms with E-state index in [1.165, 1.54) is 12.8 Å². The van der Waals surface area contributed by atoms with Crippen LogP contribution in [-0.4, -0.2) is 59.4 Å². The van der Waals surface area contributed by atoms with Crippen LogP contribution in [0.25, 0.3) is 0 Å². The van der Waals surface area contributed by atoms with Crippen LogP contribution in [0.3, 0.4) is 0 Å². The van der Waals surface area contributed by atoms with Crippen LogP contribution in [0, 0.1) is 5.92 Å². The summed E-state index contributed by atoms with van der Waals surface area (Å²) in [6, 6.07) is 1.79. The number of rotatable bonds is 6. The van der Waals surface area contributed by atoms with Crippen molar-refractivity contribution in [2.45, 2.75) is 26.2 Å². The molecule has 1 N–H and O–H groups in total. The Morgan fingerprint density at radius 1 is 1.20 bits per heavy atom. The summed E-state index contributed by atoms with van der Waals surface area (Å²) < 4.78 is 0. The largest absolute Gasteiger partial charge is 0.352 e. The fraction of sp³-hybridized carbons (Fsp3) is 0.556. The van der Waals surface area contributed by atoms with E-state index in [4.69, 9.17) is 0 Å². The molecule has 2 aliphatic rings. The summed E-state index contributed by atoms with van der Waals surface area (Å²) in [7, 11) is 0. The maximum atomic E-state index is 12.3. The first kappa shape index (κ1) is 17.4. The first-order valence-corrected chi connectivity index (χ1v) is 8.89. The minimum Gasteiger partial charge on any atom is -0.352 e. The molecule has 1 aliphatic heterocycles. The lowest BCUT2D eigenvalue weighted by Gasteiger charge is -2.34. The van der Waals surface area contributed by atoms with Crippen molar-refractivity contribution in [1.29, 1.82) is 0 Å². The molecule has 2 fully saturated rings. The molecular weight excluding hydrogens is 318 g/mol. The number of amides is 2. The van der Waals surface area contributed by atoms with Gasteiger partial charge >= 0.3 is 0 Å². The van der Waals surface area contributed by atoms with Crippen molar-refractivity contribution in [3.05, 3.63) is 30.1 Å². The van der Waals surface area contributed by atoms with Crippen molar-refractivity contribution in [3.63, 3.8) is 0 Å². The van der Waals surface area contributed by atoms with E-state index in [-0.39, 0.29) is 11.8 Å². The van der Waals surface area contributed by atoms with Gasteiger partial charge in [-0.25, -0.2) is 9.97 Å². The third-order valence-corrected chi connectivity index (χ3v) is 4.69. The summed E-state index contributed by atoms with van der Waals surface area (Å²) >= 11 is 0. The second-order valence-electron chi connectivity index (χ2n) is 6.62. The van der Waals surface area contributed by atoms with E-state index in [0.29, 0.717) is 37.9 Å². The molecule has 0 bridgehead atoms. The zero-order chi connectivity index (χ0) is 17.6. The van der Waals surface area contributed by atoms with Gasteiger partial charge in [0.2, 0.25) is 17.8 Å². The van der Waals surface area contributed by atoms with Gasteiger partial charge in [0.25, 0.3) is 0 Å². The minimum atomic E-state index is -0.0942. The zero-order valence-electron chi connectivity index (χ0n) is 14.6. The molecule has 3 rings (SSSR count). The smallest absolute Gasteiger partial charge is 0.243 e. The highest BCUT2D eigenvalue weighted by molar-refractivity contribution is 5.88. The molecule has 0 unspecified atom stereocenters. The van der Waals surface area contributed by atoms with Gasteiger partial charge in [0.05, 0.1) is 0 Å². The molecule has 1 aromatic rings. The van der Waals surface area contributed by atoms with Crippen molar-refractivity contribution < 1.29 is 9.59 Å². The molecule has 25 heavy (non-hydrogen) atoms. The molecule has 7 nitrogen and oxygen atoms in total. The molecule has 0 atom stereocenters. The summed E-state index contributed by atoms with van der Waals surface area (Å²) in [5.74, 6) is 1.29. The summed E-state index contributed by atoms with van der Waals surface area (Å²) in [5.41, 5.74) is 1.14. The third-order valence-electron chi connectivity index (χ3n) is 4.69. The highest BCUT2D eigenvalue weighted by atomic mass is 16.2. The van der Waals surface area contributed by atoms with Crippen molar-refractivity contribution in [2.24, 2.45) is 5.92 Å². The second kappa shape index (κ2) is 8.09. The van der Waals surface area contributed by atoms with Gasteiger partial charge in [0.15, 0.2) is 0 Å². The van der Waals surface area contributed by atoms with Crippen molar-refractivity contribution in [2.75, 3.05) is 37.6 Å². The predicted octanol–water partition coefficient (Wildman–Crippen LogP) is 0.988. The number of hydrogen-bond donors (Lipinski definition) is 1. The van der Waals surface area contributed by atoms with E-state index in [0.717, 1.165) is 18.7 Å². The zero-order valence-corrected chi connectivity index (χ0v) is 14.6. The fourth-order valence-electron chi connectivity index (χ4n) is 2.98. The summed E-state index contributed by atoms with van der Waals surface area (Å²) in [4.78, 5) is 36.5. The molecule has 2 amide bonds. The van der Waals surface area contributed by atoms with Gasteiger partial charge in [-0.3, -0.25) is 9.59 Å². The molecule has 0 aromatic carbocycles. The number of aromatic nitrogens is 2. The van der Waals surface area contributed by atoms with Crippen molar-refractivity contribution in [3.8, 4) is 0 Å². The van der Waals surface area contributed by atoms with E-state index in [1.807, 2.05) is 11.8 Å². The van der Waals surface area contributed by atoms with Crippen molar-refractivity contribution >= 4 is 17.8 Å². The van der Waals surface area contributed by atoms with Gasteiger partial charge in [-0.05, 0) is 31.7 Å². The maximum absolute atomic E-state index is 12.3. The van der Waals surface area contributed by atoms with Gasteiger partial charge in [-0.2, -0.15) is 0 Å². The number of anilines is 1. The Balaban J connectivity index is 1.36. The van der Waals surface area contributed by atoms with Crippen molar-refractivity contribution in [1.82, 2.24) is 20.2 Å². The first-order valence-electron chi connectivity index (χ1n) is 8.89. The van der Waals surface area contributed by atoms with Crippen LogP contribution >= 0.6 is 0 Å². The highest BCUT2D eigenvalue weighted by Gasteiger charge is 2.24. The fourth-order valence-corrected chi connectivity index (χ4v) is 2.98. The normalized spacial score (nSPS) is 18.2. The molecule has 134 valence electrons. The Morgan fingerprint density at radius 2 is 1.88 bits per heavy atom. The van der Waals surface area contributed by atoms with E-state index in [2.05, 4.69) is 20.2 Å². The van der Waals surface area contributed by atoms with Crippen LogP contribution in [0.1, 0.15) is 26.2 Å². The van der Waals surface area contributed by atoms with Gasteiger partial charge in [0.1, 0.15) is 0 Å². The Morgan fingerprint density at radius 3 is 2.52 bits per heavy atom. The lowest BCUT2D eigenvalue weighted by Crippen LogP contribution is -2.49. The van der Waals surface area contributed by atoms with Crippen LogP contribution in [0.2, 0.25) is 0 Å². The molecule has 1 aliphatic carbocycles. The lowest BCUT2D eigenvalue weighted by atomic mass is 10.2. The molecular formula is C18H25N5O2. The van der Waals surface area contributed by atoms with E-state index >= 15 is 0 Å². The topological polar surface area (TPSA) is 78.4 Å². The first-order chi connectivity index (χ1) is 12.1. The summed E-state index contributed by atoms with van der Waals surface area (Å²) in [6.45, 7) is 5.15. The Hall–Kier alpha value is -2.44. The van der Waals surface area contributed by atoms with E-state index in [1.54, 1.807) is 24.5 Å². The highest BCUT2D eigenvalue weighted by Crippen LogP contribution is 2.35. The second-order valence-corrected chi connectivity index (χ2v) is 6.62. The van der Waals surface area contributed by atoms with Crippen LogP contribution in [0.4, 0.5) is 5.95 Å². The molecule has 7 heteroatoms. The molecule has 1 saturated heterocycles.